The molecule has 0 aromatic heterocycles. The van der Waals surface area contributed by atoms with Crippen LogP contribution >= 0.6 is 0 Å². The summed E-state index contributed by atoms with van der Waals surface area (Å²) < 4.78 is 0. The van der Waals surface area contributed by atoms with Crippen LogP contribution in [0, 0.1) is 17.0 Å². The Kier molecular flexibility index (Phi) is 9.52. The molecule has 3 nitrogen and oxygen atoms in total. The molecule has 0 saturated heterocycles. The molecule has 0 saturated carbocycles. The third kappa shape index (κ3) is 5.01. The molecule has 0 heterocycles. The van der Waals surface area contributed by atoms with E-state index in [9.17, 15) is 10.1 Å². The number of nitro benzene ring substituents is 1. The van der Waals surface area contributed by atoms with Crippen LogP contribution in [-0.4, -0.2) is 4.92 Å². The van der Waals surface area contributed by atoms with Gasteiger partial charge < -0.3 is 0 Å². The average molecular weight is 255 g/mol. The Morgan fingerprint density at radius 3 is 2.08 bits per heavy atom. The molecule has 13 heavy (non-hydrogen) atoms. The second kappa shape index (κ2) is 8.20. The Labute approximate surface area is 104 Å². The van der Waals surface area contributed by atoms with Gasteiger partial charge in [0, 0.05) is 37.6 Å². The zero-order valence-corrected chi connectivity index (χ0v) is 10.7. The van der Waals surface area contributed by atoms with E-state index in [0.29, 0.717) is 5.56 Å². The summed E-state index contributed by atoms with van der Waals surface area (Å²) in [6, 6.07) is 6.38. The van der Waals surface area contributed by atoms with E-state index in [1.807, 2.05) is 13.8 Å². The molecule has 0 fully saturated rings. The smallest absolute Gasteiger partial charge is 0.170 e. The number of nitrogens with zero attached hydrogens (tertiary/aromatic N) is 1. The Balaban J connectivity index is 0. The van der Waals surface area contributed by atoms with Crippen molar-refractivity contribution in [1.82, 2.24) is 0 Å². The first-order valence-corrected chi connectivity index (χ1v) is 3.77. The van der Waals surface area contributed by atoms with Crippen molar-refractivity contribution in [1.29, 1.82) is 0 Å². The van der Waals surface area contributed by atoms with Gasteiger partial charge in [0.05, 0.1) is 0 Å². The fourth-order valence-electron chi connectivity index (χ4n) is 0.689. The standard InChI is InChI=1S/C7H6NO2.C2H6.Y/c1-6-4-2-3-5-7(6)8(9)10;1-2;/h2-5H,1H2;1-2H3;/q-1;;. The van der Waals surface area contributed by atoms with Crippen LogP contribution in [0.1, 0.15) is 19.4 Å². The van der Waals surface area contributed by atoms with Crippen LogP contribution in [0.15, 0.2) is 24.3 Å². The van der Waals surface area contributed by atoms with Crippen molar-refractivity contribution in [2.24, 2.45) is 0 Å². The molecule has 1 radical (unpaired) electrons. The van der Waals surface area contributed by atoms with E-state index in [2.05, 4.69) is 6.92 Å². The second-order valence-electron chi connectivity index (χ2n) is 1.89. The molecule has 0 aliphatic carbocycles. The summed E-state index contributed by atoms with van der Waals surface area (Å²) in [6.07, 6.45) is 0. The van der Waals surface area contributed by atoms with Crippen LogP contribution in [0.2, 0.25) is 0 Å². The van der Waals surface area contributed by atoms with Gasteiger partial charge in [-0.25, -0.2) is 0 Å². The van der Waals surface area contributed by atoms with Crippen LogP contribution < -0.4 is 0 Å². The molecule has 0 unspecified atom stereocenters. The van der Waals surface area contributed by atoms with Gasteiger partial charge in [-0.2, -0.15) is 13.0 Å². The van der Waals surface area contributed by atoms with E-state index in [0.717, 1.165) is 0 Å². The Morgan fingerprint density at radius 1 is 1.31 bits per heavy atom. The number of hydrogen-bond donors (Lipinski definition) is 0. The van der Waals surface area contributed by atoms with Crippen LogP contribution in [0.25, 0.3) is 0 Å². The minimum Gasteiger partial charge on any atom is -0.270 e. The normalized spacial score (nSPS) is 7.54. The van der Waals surface area contributed by atoms with Gasteiger partial charge in [-0.1, -0.05) is 19.9 Å². The van der Waals surface area contributed by atoms with Gasteiger partial charge in [0.2, 0.25) is 0 Å². The van der Waals surface area contributed by atoms with Gasteiger partial charge in [-0.15, -0.1) is 11.6 Å². The summed E-state index contributed by atoms with van der Waals surface area (Å²) in [5, 5.41) is 10.2. The monoisotopic (exact) mass is 255 g/mol. The number of rotatable bonds is 1. The molecule has 0 spiro atoms. The van der Waals surface area contributed by atoms with E-state index in [-0.39, 0.29) is 38.4 Å². The zero-order valence-electron chi connectivity index (χ0n) is 7.86. The largest absolute Gasteiger partial charge is 0.270 e. The van der Waals surface area contributed by atoms with E-state index in [1.165, 1.54) is 6.07 Å². The van der Waals surface area contributed by atoms with Gasteiger partial charge in [-0.05, 0) is 6.07 Å². The van der Waals surface area contributed by atoms with Crippen molar-refractivity contribution in [3.8, 4) is 0 Å². The predicted octanol–water partition coefficient (Wildman–Crippen LogP) is 2.80. The molecule has 0 amide bonds. The quantitative estimate of drug-likeness (QED) is 0.440. The maximum absolute atomic E-state index is 10.2. The van der Waals surface area contributed by atoms with E-state index in [1.54, 1.807) is 18.2 Å². The van der Waals surface area contributed by atoms with E-state index in [4.69, 9.17) is 0 Å². The van der Waals surface area contributed by atoms with Crippen molar-refractivity contribution < 1.29 is 37.6 Å². The molecule has 0 aliphatic heterocycles. The summed E-state index contributed by atoms with van der Waals surface area (Å²) in [6.45, 7) is 7.50. The molecule has 69 valence electrons. The number of nitro groups is 1. The molecule has 0 N–H and O–H groups in total. The summed E-state index contributed by atoms with van der Waals surface area (Å²) in [5.74, 6) is 0. The molecular weight excluding hydrogens is 243 g/mol. The third-order valence-corrected chi connectivity index (χ3v) is 1.19. The molecule has 1 aromatic rings. The van der Waals surface area contributed by atoms with Crippen molar-refractivity contribution >= 4 is 5.69 Å². The van der Waals surface area contributed by atoms with Crippen LogP contribution in [0.4, 0.5) is 5.69 Å². The van der Waals surface area contributed by atoms with Crippen LogP contribution in [0.5, 0.6) is 0 Å². The van der Waals surface area contributed by atoms with Gasteiger partial charge in [0.15, 0.2) is 5.69 Å². The van der Waals surface area contributed by atoms with Gasteiger partial charge in [0.25, 0.3) is 0 Å². The van der Waals surface area contributed by atoms with E-state index < -0.39 is 4.92 Å². The predicted molar refractivity (Wildman–Crippen MR) is 48.9 cm³/mol. The SMILES string of the molecule is CC.[CH2-]c1ccccc1[N+](=O)[O-].[Y]. The summed E-state index contributed by atoms with van der Waals surface area (Å²) >= 11 is 0. The van der Waals surface area contributed by atoms with E-state index >= 15 is 0 Å². The Hall–Kier alpha value is -0.406. The number of benzene rings is 1. The minimum absolute atomic E-state index is 0. The van der Waals surface area contributed by atoms with Gasteiger partial charge in [-0.3, -0.25) is 10.1 Å². The second-order valence-corrected chi connectivity index (χ2v) is 1.89. The van der Waals surface area contributed by atoms with Crippen molar-refractivity contribution in [3.05, 3.63) is 46.9 Å². The summed E-state index contributed by atoms with van der Waals surface area (Å²) in [7, 11) is 0. The topological polar surface area (TPSA) is 43.1 Å². The van der Waals surface area contributed by atoms with Crippen molar-refractivity contribution in [2.75, 3.05) is 0 Å². The van der Waals surface area contributed by atoms with Crippen LogP contribution in [0.3, 0.4) is 0 Å². The Bertz CT molecular complexity index is 264. The first kappa shape index (κ1) is 15.1. The minimum atomic E-state index is -0.442. The van der Waals surface area contributed by atoms with Crippen LogP contribution in [-0.2, 0) is 32.7 Å². The molecule has 1 rings (SSSR count). The number of para-hydroxylation sites is 1. The maximum atomic E-state index is 10.2. The first-order valence-electron chi connectivity index (χ1n) is 3.77. The fraction of sp³-hybridized carbons (Fsp3) is 0.222. The van der Waals surface area contributed by atoms with Crippen molar-refractivity contribution in [2.45, 2.75) is 13.8 Å². The first-order chi connectivity index (χ1) is 5.72. The molecule has 0 atom stereocenters. The van der Waals surface area contributed by atoms with Gasteiger partial charge in [0.1, 0.15) is 0 Å². The molecular formula is C9H12NO2Y-. The molecule has 0 aliphatic rings. The number of hydrogen-bond acceptors (Lipinski definition) is 2. The van der Waals surface area contributed by atoms with Crippen molar-refractivity contribution in [3.63, 3.8) is 0 Å². The summed E-state index contributed by atoms with van der Waals surface area (Å²) in [5.41, 5.74) is 0.523. The molecule has 4 heteroatoms. The fourth-order valence-corrected chi connectivity index (χ4v) is 0.689. The average Bonchev–Trinajstić information content (AvgIpc) is 2.08. The van der Waals surface area contributed by atoms with Gasteiger partial charge >= 0.3 is 0 Å². The molecule has 0 bridgehead atoms. The molecule has 1 aromatic carbocycles. The maximum Gasteiger partial charge on any atom is 0.170 e. The zero-order chi connectivity index (χ0) is 9.56. The summed E-state index contributed by atoms with van der Waals surface area (Å²) in [4.78, 5) is 9.75. The third-order valence-electron chi connectivity index (χ3n) is 1.19. The Morgan fingerprint density at radius 2 is 1.77 bits per heavy atom.